The standard InChI is InChI=1S/C21H23Cl2N3O2/c1-13(27)25-15-3-2-4-16(11-15)28-21-18-9-14(22)10-19(23)17(18)12-20(21)26-7-5-24-6-8-26/h2-4,9-11,20-21,24H,5-8,12H2,1H3,(H,25,27)/t20-,21-/m0/s1. The van der Waals surface area contributed by atoms with Gasteiger partial charge in [0.15, 0.2) is 0 Å². The van der Waals surface area contributed by atoms with Gasteiger partial charge in [0, 0.05) is 60.5 Å². The van der Waals surface area contributed by atoms with Crippen LogP contribution in [-0.2, 0) is 11.2 Å². The Morgan fingerprint density at radius 2 is 2.00 bits per heavy atom. The first-order chi connectivity index (χ1) is 13.5. The largest absolute Gasteiger partial charge is 0.484 e. The molecule has 0 bridgehead atoms. The molecule has 5 nitrogen and oxygen atoms in total. The molecular formula is C21H23Cl2N3O2. The number of piperazine rings is 1. The summed E-state index contributed by atoms with van der Waals surface area (Å²) in [7, 11) is 0. The minimum Gasteiger partial charge on any atom is -0.484 e. The van der Waals surface area contributed by atoms with Crippen molar-refractivity contribution in [3.05, 3.63) is 57.6 Å². The van der Waals surface area contributed by atoms with E-state index in [0.717, 1.165) is 43.7 Å². The topological polar surface area (TPSA) is 53.6 Å². The summed E-state index contributed by atoms with van der Waals surface area (Å²) in [4.78, 5) is 13.8. The van der Waals surface area contributed by atoms with E-state index in [-0.39, 0.29) is 18.1 Å². The van der Waals surface area contributed by atoms with Crippen LogP contribution in [0.3, 0.4) is 0 Å². The molecule has 1 saturated heterocycles. The molecule has 0 aromatic heterocycles. The van der Waals surface area contributed by atoms with E-state index in [1.165, 1.54) is 6.92 Å². The minimum absolute atomic E-state index is 0.111. The predicted octanol–water partition coefficient (Wildman–Crippen LogP) is 3.90. The number of anilines is 1. The molecule has 0 radical (unpaired) electrons. The van der Waals surface area contributed by atoms with Crippen LogP contribution in [-0.4, -0.2) is 43.0 Å². The highest BCUT2D eigenvalue weighted by Gasteiger charge is 2.39. The number of nitrogens with zero attached hydrogens (tertiary/aromatic N) is 1. The molecule has 4 rings (SSSR count). The fourth-order valence-electron chi connectivity index (χ4n) is 4.09. The van der Waals surface area contributed by atoms with E-state index in [9.17, 15) is 4.79 Å². The number of hydrogen-bond donors (Lipinski definition) is 2. The van der Waals surface area contributed by atoms with Gasteiger partial charge in [0.1, 0.15) is 11.9 Å². The number of amides is 1. The monoisotopic (exact) mass is 419 g/mol. The Kier molecular flexibility index (Phi) is 5.78. The molecule has 0 spiro atoms. The van der Waals surface area contributed by atoms with Crippen molar-refractivity contribution in [1.82, 2.24) is 10.2 Å². The summed E-state index contributed by atoms with van der Waals surface area (Å²) in [6, 6.07) is 11.4. The number of benzene rings is 2. The van der Waals surface area contributed by atoms with Gasteiger partial charge in [0.05, 0.1) is 6.04 Å². The molecule has 1 fully saturated rings. The number of fused-ring (bicyclic) bond motifs is 1. The van der Waals surface area contributed by atoms with Crippen LogP contribution in [0.15, 0.2) is 36.4 Å². The van der Waals surface area contributed by atoms with E-state index in [1.807, 2.05) is 30.3 Å². The Morgan fingerprint density at radius 3 is 2.75 bits per heavy atom. The highest BCUT2D eigenvalue weighted by molar-refractivity contribution is 6.35. The summed E-state index contributed by atoms with van der Waals surface area (Å²) in [5.74, 6) is 0.598. The number of hydrogen-bond acceptors (Lipinski definition) is 4. The fourth-order valence-corrected chi connectivity index (χ4v) is 4.68. The van der Waals surface area contributed by atoms with Crippen molar-refractivity contribution in [3.63, 3.8) is 0 Å². The molecule has 0 unspecified atom stereocenters. The average Bonchev–Trinajstić information content (AvgIpc) is 3.01. The van der Waals surface area contributed by atoms with Crippen LogP contribution >= 0.6 is 23.2 Å². The van der Waals surface area contributed by atoms with Crippen molar-refractivity contribution in [2.45, 2.75) is 25.5 Å². The van der Waals surface area contributed by atoms with E-state index < -0.39 is 0 Å². The molecule has 2 aliphatic rings. The number of rotatable bonds is 4. The van der Waals surface area contributed by atoms with Crippen molar-refractivity contribution in [2.24, 2.45) is 0 Å². The minimum atomic E-state index is -0.170. The number of ether oxygens (including phenoxy) is 1. The summed E-state index contributed by atoms with van der Waals surface area (Å²) in [5, 5.41) is 7.51. The molecule has 28 heavy (non-hydrogen) atoms. The summed E-state index contributed by atoms with van der Waals surface area (Å²) in [6.45, 7) is 5.36. The fraction of sp³-hybridized carbons (Fsp3) is 0.381. The summed E-state index contributed by atoms with van der Waals surface area (Å²) in [5.41, 5.74) is 2.87. The van der Waals surface area contributed by atoms with Crippen LogP contribution in [0.5, 0.6) is 5.75 Å². The van der Waals surface area contributed by atoms with Crippen LogP contribution in [0, 0.1) is 0 Å². The predicted molar refractivity (Wildman–Crippen MR) is 113 cm³/mol. The lowest BCUT2D eigenvalue weighted by atomic mass is 10.1. The van der Waals surface area contributed by atoms with E-state index in [2.05, 4.69) is 15.5 Å². The zero-order chi connectivity index (χ0) is 19.7. The third-order valence-corrected chi connectivity index (χ3v) is 5.86. The van der Waals surface area contributed by atoms with Crippen LogP contribution in [0.1, 0.15) is 24.2 Å². The highest BCUT2D eigenvalue weighted by Crippen LogP contribution is 2.42. The molecule has 1 aliphatic heterocycles. The van der Waals surface area contributed by atoms with E-state index in [0.29, 0.717) is 21.5 Å². The molecular weight excluding hydrogens is 397 g/mol. The Balaban J connectivity index is 1.66. The van der Waals surface area contributed by atoms with Gasteiger partial charge in [0.2, 0.25) is 5.91 Å². The molecule has 1 amide bonds. The first-order valence-electron chi connectivity index (χ1n) is 9.48. The maximum Gasteiger partial charge on any atom is 0.221 e. The van der Waals surface area contributed by atoms with Gasteiger partial charge in [-0.3, -0.25) is 9.69 Å². The summed E-state index contributed by atoms with van der Waals surface area (Å²) < 4.78 is 6.47. The van der Waals surface area contributed by atoms with Gasteiger partial charge in [-0.05, 0) is 36.2 Å². The molecule has 1 aliphatic carbocycles. The molecule has 148 valence electrons. The zero-order valence-corrected chi connectivity index (χ0v) is 17.2. The first kappa shape index (κ1) is 19.5. The van der Waals surface area contributed by atoms with Gasteiger partial charge in [-0.25, -0.2) is 0 Å². The van der Waals surface area contributed by atoms with Gasteiger partial charge >= 0.3 is 0 Å². The van der Waals surface area contributed by atoms with Crippen LogP contribution in [0.4, 0.5) is 5.69 Å². The molecule has 7 heteroatoms. The quantitative estimate of drug-likeness (QED) is 0.788. The lowest BCUT2D eigenvalue weighted by molar-refractivity contribution is -0.114. The maximum atomic E-state index is 11.4. The second kappa shape index (κ2) is 8.29. The Morgan fingerprint density at radius 1 is 1.21 bits per heavy atom. The third-order valence-electron chi connectivity index (χ3n) is 5.30. The lowest BCUT2D eigenvalue weighted by Crippen LogP contribution is -2.50. The third kappa shape index (κ3) is 4.13. The van der Waals surface area contributed by atoms with E-state index >= 15 is 0 Å². The van der Waals surface area contributed by atoms with Gasteiger partial charge in [0.25, 0.3) is 0 Å². The first-order valence-corrected chi connectivity index (χ1v) is 10.2. The van der Waals surface area contributed by atoms with Gasteiger partial charge in [-0.15, -0.1) is 0 Å². The Labute approximate surface area is 175 Å². The summed E-state index contributed by atoms with van der Waals surface area (Å²) in [6.07, 6.45) is 0.665. The van der Waals surface area contributed by atoms with Crippen molar-refractivity contribution >= 4 is 34.8 Å². The molecule has 1 heterocycles. The van der Waals surface area contributed by atoms with E-state index in [1.54, 1.807) is 6.07 Å². The van der Waals surface area contributed by atoms with Crippen LogP contribution in [0.2, 0.25) is 10.0 Å². The number of halogens is 2. The smallest absolute Gasteiger partial charge is 0.221 e. The molecule has 2 aromatic carbocycles. The van der Waals surface area contributed by atoms with Crippen molar-refractivity contribution < 1.29 is 9.53 Å². The van der Waals surface area contributed by atoms with E-state index in [4.69, 9.17) is 27.9 Å². The normalized spacial score (nSPS) is 22.0. The molecule has 2 N–H and O–H groups in total. The summed E-state index contributed by atoms with van der Waals surface area (Å²) >= 11 is 12.8. The lowest BCUT2D eigenvalue weighted by Gasteiger charge is -2.36. The zero-order valence-electron chi connectivity index (χ0n) is 15.7. The highest BCUT2D eigenvalue weighted by atomic mass is 35.5. The molecule has 2 atom stereocenters. The Hall–Kier alpha value is -1.79. The van der Waals surface area contributed by atoms with Crippen molar-refractivity contribution in [1.29, 1.82) is 0 Å². The second-order valence-corrected chi connectivity index (χ2v) is 8.10. The van der Waals surface area contributed by atoms with Gasteiger partial charge in [-0.1, -0.05) is 29.3 Å². The number of carbonyl (C=O) groups excluding carboxylic acids is 1. The second-order valence-electron chi connectivity index (χ2n) is 7.26. The van der Waals surface area contributed by atoms with Crippen LogP contribution in [0.25, 0.3) is 0 Å². The van der Waals surface area contributed by atoms with Crippen molar-refractivity contribution in [3.8, 4) is 5.75 Å². The van der Waals surface area contributed by atoms with Crippen molar-refractivity contribution in [2.75, 3.05) is 31.5 Å². The SMILES string of the molecule is CC(=O)Nc1cccc(O[C@H]2c3cc(Cl)cc(Cl)c3C[C@@H]2N2CCNCC2)c1. The van der Waals surface area contributed by atoms with Gasteiger partial charge in [-0.2, -0.15) is 0 Å². The average molecular weight is 420 g/mol. The van der Waals surface area contributed by atoms with Crippen LogP contribution < -0.4 is 15.4 Å². The number of nitrogens with one attached hydrogen (secondary N) is 2. The Bertz CT molecular complexity index is 884. The van der Waals surface area contributed by atoms with Gasteiger partial charge < -0.3 is 15.4 Å². The molecule has 0 saturated carbocycles. The number of carbonyl (C=O) groups is 1. The maximum absolute atomic E-state index is 11.4. The molecule has 2 aromatic rings.